The molecule has 7 heteroatoms. The molecule has 30 heavy (non-hydrogen) atoms. The number of sulfonamides is 1. The van der Waals surface area contributed by atoms with Crippen LogP contribution in [0.2, 0.25) is 0 Å². The number of hydrogen-bond donors (Lipinski definition) is 0. The third kappa shape index (κ3) is 5.14. The molecule has 2 aromatic carbocycles. The molecule has 1 fully saturated rings. The summed E-state index contributed by atoms with van der Waals surface area (Å²) in [5.74, 6) is 0.867. The number of hydrogen-bond acceptors (Lipinski definition) is 4. The van der Waals surface area contributed by atoms with E-state index in [1.807, 2.05) is 26.0 Å². The van der Waals surface area contributed by atoms with E-state index in [2.05, 4.69) is 6.92 Å². The van der Waals surface area contributed by atoms with Crippen LogP contribution in [-0.2, 0) is 14.8 Å². The molecule has 1 amide bonds. The van der Waals surface area contributed by atoms with E-state index in [4.69, 9.17) is 4.74 Å². The van der Waals surface area contributed by atoms with Gasteiger partial charge in [-0.25, -0.2) is 8.42 Å². The Balaban J connectivity index is 1.92. The highest BCUT2D eigenvalue weighted by atomic mass is 32.2. The lowest BCUT2D eigenvalue weighted by atomic mass is 10.0. The van der Waals surface area contributed by atoms with Crippen molar-refractivity contribution in [3.05, 3.63) is 54.1 Å². The van der Waals surface area contributed by atoms with Crippen molar-refractivity contribution in [3.8, 4) is 5.75 Å². The minimum atomic E-state index is -3.92. The van der Waals surface area contributed by atoms with Crippen molar-refractivity contribution in [2.24, 2.45) is 5.92 Å². The maximum atomic E-state index is 13.5. The van der Waals surface area contributed by atoms with Crippen molar-refractivity contribution in [2.75, 3.05) is 30.5 Å². The van der Waals surface area contributed by atoms with Gasteiger partial charge in [0.05, 0.1) is 17.2 Å². The first-order valence-corrected chi connectivity index (χ1v) is 11.9. The Kier molecular flexibility index (Phi) is 7.02. The summed E-state index contributed by atoms with van der Waals surface area (Å²) < 4.78 is 33.6. The second-order valence-corrected chi connectivity index (χ2v) is 9.70. The smallest absolute Gasteiger partial charge is 0.264 e. The molecule has 0 spiro atoms. The predicted molar refractivity (Wildman–Crippen MR) is 118 cm³/mol. The van der Waals surface area contributed by atoms with E-state index in [9.17, 15) is 13.2 Å². The molecule has 1 aliphatic heterocycles. The van der Waals surface area contributed by atoms with Gasteiger partial charge in [0, 0.05) is 13.1 Å². The van der Waals surface area contributed by atoms with Crippen molar-refractivity contribution >= 4 is 21.6 Å². The van der Waals surface area contributed by atoms with Gasteiger partial charge < -0.3 is 9.64 Å². The summed E-state index contributed by atoms with van der Waals surface area (Å²) in [7, 11) is -3.92. The molecule has 1 aliphatic rings. The summed E-state index contributed by atoms with van der Waals surface area (Å²) in [6, 6.07) is 13.5. The largest absolute Gasteiger partial charge is 0.494 e. The van der Waals surface area contributed by atoms with E-state index in [1.54, 1.807) is 29.2 Å². The van der Waals surface area contributed by atoms with Gasteiger partial charge in [0.1, 0.15) is 12.3 Å². The van der Waals surface area contributed by atoms with Gasteiger partial charge in [-0.05, 0) is 69.0 Å². The van der Waals surface area contributed by atoms with E-state index in [-0.39, 0.29) is 17.3 Å². The fourth-order valence-electron chi connectivity index (χ4n) is 3.67. The maximum absolute atomic E-state index is 13.5. The number of carbonyl (C=O) groups excluding carboxylic acids is 1. The molecule has 0 aromatic heterocycles. The van der Waals surface area contributed by atoms with Crippen molar-refractivity contribution in [1.82, 2.24) is 4.90 Å². The fraction of sp³-hybridized carbons (Fsp3) is 0.435. The number of amides is 1. The summed E-state index contributed by atoms with van der Waals surface area (Å²) in [6.07, 6.45) is 2.04. The van der Waals surface area contributed by atoms with E-state index >= 15 is 0 Å². The topological polar surface area (TPSA) is 66.9 Å². The van der Waals surface area contributed by atoms with Crippen LogP contribution in [-0.4, -0.2) is 45.5 Å². The number of carbonyl (C=O) groups is 1. The lowest BCUT2D eigenvalue weighted by molar-refractivity contribution is -0.131. The predicted octanol–water partition coefficient (Wildman–Crippen LogP) is 3.85. The molecule has 1 heterocycles. The lowest BCUT2D eigenvalue weighted by Crippen LogP contribution is -2.46. The molecular formula is C23H30N2O4S. The molecule has 0 N–H and O–H groups in total. The Hall–Kier alpha value is -2.54. The average molecular weight is 431 g/mol. The zero-order valence-electron chi connectivity index (χ0n) is 17.9. The highest BCUT2D eigenvalue weighted by Crippen LogP contribution is 2.26. The highest BCUT2D eigenvalue weighted by Gasteiger charge is 2.30. The van der Waals surface area contributed by atoms with Crippen LogP contribution in [0.1, 0.15) is 32.3 Å². The van der Waals surface area contributed by atoms with E-state index in [0.717, 1.165) is 18.4 Å². The molecule has 0 aliphatic carbocycles. The molecule has 1 unspecified atom stereocenters. The van der Waals surface area contributed by atoms with Crippen LogP contribution in [0, 0.1) is 12.8 Å². The van der Waals surface area contributed by atoms with Crippen molar-refractivity contribution in [3.63, 3.8) is 0 Å². The SMILES string of the molecule is CCOc1ccc(S(=O)(=O)N(CC(=O)N2CCCC(C)C2)c2ccc(C)cc2)cc1. The molecule has 3 rings (SSSR count). The van der Waals surface area contributed by atoms with Gasteiger partial charge >= 0.3 is 0 Å². The van der Waals surface area contributed by atoms with Crippen molar-refractivity contribution in [1.29, 1.82) is 0 Å². The van der Waals surface area contributed by atoms with Gasteiger partial charge in [-0.1, -0.05) is 24.6 Å². The maximum Gasteiger partial charge on any atom is 0.264 e. The summed E-state index contributed by atoms with van der Waals surface area (Å²) in [4.78, 5) is 14.9. The van der Waals surface area contributed by atoms with Gasteiger partial charge in [-0.3, -0.25) is 9.10 Å². The van der Waals surface area contributed by atoms with Gasteiger partial charge in [-0.2, -0.15) is 0 Å². The first kappa shape index (κ1) is 22.2. The van der Waals surface area contributed by atoms with E-state index < -0.39 is 10.0 Å². The number of benzene rings is 2. The fourth-order valence-corrected chi connectivity index (χ4v) is 5.08. The Labute approximate surface area is 179 Å². The second-order valence-electron chi connectivity index (χ2n) is 7.84. The standard InChI is InChI=1S/C23H30N2O4S/c1-4-29-21-11-13-22(14-12-21)30(27,28)25(20-9-7-18(2)8-10-20)17-23(26)24-15-5-6-19(3)16-24/h7-14,19H,4-6,15-17H2,1-3H3. The Bertz CT molecular complexity index is 956. The molecule has 0 bridgehead atoms. The first-order valence-electron chi connectivity index (χ1n) is 10.4. The monoisotopic (exact) mass is 430 g/mol. The third-order valence-electron chi connectivity index (χ3n) is 5.33. The summed E-state index contributed by atoms with van der Waals surface area (Å²) in [5, 5.41) is 0. The minimum absolute atomic E-state index is 0.131. The summed E-state index contributed by atoms with van der Waals surface area (Å²) in [6.45, 7) is 7.56. The molecular weight excluding hydrogens is 400 g/mol. The van der Waals surface area contributed by atoms with Crippen LogP contribution >= 0.6 is 0 Å². The molecule has 2 aromatic rings. The van der Waals surface area contributed by atoms with Crippen LogP contribution in [0.25, 0.3) is 0 Å². The summed E-state index contributed by atoms with van der Waals surface area (Å²) >= 11 is 0. The van der Waals surface area contributed by atoms with Gasteiger partial charge in [0.25, 0.3) is 10.0 Å². The molecule has 0 radical (unpaired) electrons. The zero-order chi connectivity index (χ0) is 21.7. The number of piperidine rings is 1. The van der Waals surface area contributed by atoms with Gasteiger partial charge in [-0.15, -0.1) is 0 Å². The molecule has 1 saturated heterocycles. The first-order chi connectivity index (χ1) is 14.3. The van der Waals surface area contributed by atoms with Gasteiger partial charge in [0.2, 0.25) is 5.91 Å². The molecule has 6 nitrogen and oxygen atoms in total. The van der Waals surface area contributed by atoms with Gasteiger partial charge in [0.15, 0.2) is 0 Å². The van der Waals surface area contributed by atoms with Crippen molar-refractivity contribution in [2.45, 2.75) is 38.5 Å². The molecule has 0 saturated carbocycles. The highest BCUT2D eigenvalue weighted by molar-refractivity contribution is 7.92. The molecule has 1 atom stereocenters. The quantitative estimate of drug-likeness (QED) is 0.669. The number of aryl methyl sites for hydroxylation is 1. The number of nitrogens with zero attached hydrogens (tertiary/aromatic N) is 2. The second kappa shape index (κ2) is 9.51. The van der Waals surface area contributed by atoms with Crippen LogP contribution in [0.4, 0.5) is 5.69 Å². The van der Waals surface area contributed by atoms with Crippen molar-refractivity contribution < 1.29 is 17.9 Å². The van der Waals surface area contributed by atoms with Crippen LogP contribution in [0.3, 0.4) is 0 Å². The Morgan fingerprint density at radius 2 is 1.80 bits per heavy atom. The lowest BCUT2D eigenvalue weighted by Gasteiger charge is -2.33. The normalized spacial score (nSPS) is 16.9. The van der Waals surface area contributed by atoms with Crippen LogP contribution < -0.4 is 9.04 Å². The minimum Gasteiger partial charge on any atom is -0.494 e. The molecule has 162 valence electrons. The van der Waals surface area contributed by atoms with E-state index in [0.29, 0.717) is 37.1 Å². The van der Waals surface area contributed by atoms with E-state index in [1.165, 1.54) is 16.4 Å². The number of likely N-dealkylation sites (tertiary alicyclic amines) is 1. The average Bonchev–Trinajstić information content (AvgIpc) is 2.73. The summed E-state index contributed by atoms with van der Waals surface area (Å²) in [5.41, 5.74) is 1.50. The number of anilines is 1. The Morgan fingerprint density at radius 3 is 2.40 bits per heavy atom. The van der Waals surface area contributed by atoms with Crippen LogP contribution in [0.5, 0.6) is 5.75 Å². The van der Waals surface area contributed by atoms with Crippen LogP contribution in [0.15, 0.2) is 53.4 Å². The Morgan fingerprint density at radius 1 is 1.13 bits per heavy atom. The number of rotatable bonds is 7. The number of ether oxygens (including phenoxy) is 1. The third-order valence-corrected chi connectivity index (χ3v) is 7.12. The zero-order valence-corrected chi connectivity index (χ0v) is 18.7.